The van der Waals surface area contributed by atoms with E-state index >= 15 is 0 Å². The third-order valence-corrected chi connectivity index (χ3v) is 4.39. The number of likely N-dealkylation sites (N-methyl/N-ethyl adjacent to an activating group) is 1. The number of carbonyl (C=O) groups is 3. The largest absolute Gasteiger partial charge is 0.344 e. The SMILES string of the molecule is CN1C(=O)CCC(NC(=O)[C@@H]2C[C@H]2c2ccc(F)cc2)C1=O. The second kappa shape index (κ2) is 5.51. The molecule has 0 spiro atoms. The lowest BCUT2D eigenvalue weighted by molar-refractivity contribution is -0.149. The number of imide groups is 1. The monoisotopic (exact) mass is 304 g/mol. The van der Waals surface area contributed by atoms with Crippen LogP contribution in [0.4, 0.5) is 4.39 Å². The lowest BCUT2D eigenvalue weighted by atomic mass is 10.0. The third-order valence-electron chi connectivity index (χ3n) is 4.39. The van der Waals surface area contributed by atoms with Gasteiger partial charge in [-0.25, -0.2) is 4.39 Å². The van der Waals surface area contributed by atoms with Crippen molar-refractivity contribution in [1.29, 1.82) is 0 Å². The molecule has 3 rings (SSSR count). The zero-order chi connectivity index (χ0) is 15.9. The number of likely N-dealkylation sites (tertiary alicyclic amines) is 1. The van der Waals surface area contributed by atoms with Crippen LogP contribution in [0, 0.1) is 11.7 Å². The number of hydrogen-bond donors (Lipinski definition) is 1. The van der Waals surface area contributed by atoms with E-state index in [1.807, 2.05) is 0 Å². The number of carbonyl (C=O) groups excluding carboxylic acids is 3. The molecule has 3 amide bonds. The molecule has 116 valence electrons. The maximum absolute atomic E-state index is 12.9. The molecule has 1 unspecified atom stereocenters. The van der Waals surface area contributed by atoms with Crippen molar-refractivity contribution in [3.8, 4) is 0 Å². The first-order valence-corrected chi connectivity index (χ1v) is 7.33. The van der Waals surface area contributed by atoms with E-state index in [0.717, 1.165) is 10.5 Å². The predicted molar refractivity (Wildman–Crippen MR) is 76.2 cm³/mol. The van der Waals surface area contributed by atoms with Crippen molar-refractivity contribution in [2.75, 3.05) is 7.05 Å². The number of nitrogens with zero attached hydrogens (tertiary/aromatic N) is 1. The Labute approximate surface area is 127 Å². The minimum atomic E-state index is -0.621. The summed E-state index contributed by atoms with van der Waals surface area (Å²) in [4.78, 5) is 36.6. The lowest BCUT2D eigenvalue weighted by Gasteiger charge is -2.28. The highest BCUT2D eigenvalue weighted by molar-refractivity contribution is 6.01. The van der Waals surface area contributed by atoms with Gasteiger partial charge in [-0.05, 0) is 36.5 Å². The van der Waals surface area contributed by atoms with Crippen molar-refractivity contribution in [3.63, 3.8) is 0 Å². The van der Waals surface area contributed by atoms with Crippen molar-refractivity contribution in [2.24, 2.45) is 5.92 Å². The Balaban J connectivity index is 1.59. The van der Waals surface area contributed by atoms with Crippen molar-refractivity contribution >= 4 is 17.7 Å². The highest BCUT2D eigenvalue weighted by Crippen LogP contribution is 2.47. The topological polar surface area (TPSA) is 66.5 Å². The van der Waals surface area contributed by atoms with E-state index in [2.05, 4.69) is 5.32 Å². The van der Waals surface area contributed by atoms with Gasteiger partial charge in [0.25, 0.3) is 5.91 Å². The molecule has 1 N–H and O–H groups in total. The van der Waals surface area contributed by atoms with Gasteiger partial charge in [0.05, 0.1) is 0 Å². The predicted octanol–water partition coefficient (Wildman–Crippen LogP) is 1.19. The molecule has 0 radical (unpaired) electrons. The first kappa shape index (κ1) is 14.7. The molecule has 6 heteroatoms. The number of rotatable bonds is 3. The fourth-order valence-corrected chi connectivity index (χ4v) is 2.89. The summed E-state index contributed by atoms with van der Waals surface area (Å²) in [6, 6.07) is 5.52. The average molecular weight is 304 g/mol. The van der Waals surface area contributed by atoms with Gasteiger partial charge in [0.2, 0.25) is 11.8 Å². The normalized spacial score (nSPS) is 27.7. The summed E-state index contributed by atoms with van der Waals surface area (Å²) >= 11 is 0. The fraction of sp³-hybridized carbons (Fsp3) is 0.438. The fourth-order valence-electron chi connectivity index (χ4n) is 2.89. The number of benzene rings is 1. The summed E-state index contributed by atoms with van der Waals surface area (Å²) in [7, 11) is 1.43. The Morgan fingerprint density at radius 3 is 2.64 bits per heavy atom. The number of piperidine rings is 1. The van der Waals surface area contributed by atoms with Gasteiger partial charge in [0, 0.05) is 19.4 Å². The minimum Gasteiger partial charge on any atom is -0.344 e. The van der Waals surface area contributed by atoms with Crippen LogP contribution >= 0.6 is 0 Å². The van der Waals surface area contributed by atoms with Crippen LogP contribution in [0.2, 0.25) is 0 Å². The molecule has 22 heavy (non-hydrogen) atoms. The Hall–Kier alpha value is -2.24. The van der Waals surface area contributed by atoms with Crippen LogP contribution in [0.1, 0.15) is 30.7 Å². The third kappa shape index (κ3) is 2.73. The summed E-state index contributed by atoms with van der Waals surface area (Å²) in [5.74, 6) is -1.14. The van der Waals surface area contributed by atoms with Gasteiger partial charge < -0.3 is 5.32 Å². The molecule has 1 heterocycles. The molecule has 0 aromatic heterocycles. The molecule has 2 fully saturated rings. The van der Waals surface area contributed by atoms with Crippen molar-refractivity contribution in [2.45, 2.75) is 31.2 Å². The van der Waals surface area contributed by atoms with Crippen LogP contribution in [-0.2, 0) is 14.4 Å². The van der Waals surface area contributed by atoms with Crippen molar-refractivity contribution in [3.05, 3.63) is 35.6 Å². The molecule has 2 aliphatic rings. The molecule has 1 saturated carbocycles. The first-order valence-electron chi connectivity index (χ1n) is 7.33. The number of halogens is 1. The molecule has 1 aliphatic heterocycles. The lowest BCUT2D eigenvalue weighted by Crippen LogP contribution is -2.53. The highest BCUT2D eigenvalue weighted by atomic mass is 19.1. The van der Waals surface area contributed by atoms with Gasteiger partial charge in [-0.2, -0.15) is 0 Å². The molecular formula is C16H17FN2O3. The Morgan fingerprint density at radius 2 is 1.95 bits per heavy atom. The highest BCUT2D eigenvalue weighted by Gasteiger charge is 2.45. The van der Waals surface area contributed by atoms with E-state index in [1.165, 1.54) is 19.2 Å². The average Bonchev–Trinajstić information content (AvgIpc) is 3.29. The Kier molecular flexibility index (Phi) is 3.68. The van der Waals surface area contributed by atoms with Crippen LogP contribution in [-0.4, -0.2) is 35.7 Å². The van der Waals surface area contributed by atoms with E-state index in [4.69, 9.17) is 0 Å². The molecule has 5 nitrogen and oxygen atoms in total. The Morgan fingerprint density at radius 1 is 1.27 bits per heavy atom. The van der Waals surface area contributed by atoms with Gasteiger partial charge in [-0.3, -0.25) is 19.3 Å². The van der Waals surface area contributed by atoms with Gasteiger partial charge in [0.15, 0.2) is 0 Å². The molecule has 1 aromatic rings. The summed E-state index contributed by atoms with van der Waals surface area (Å²) < 4.78 is 12.9. The maximum atomic E-state index is 12.9. The van der Waals surface area contributed by atoms with E-state index in [0.29, 0.717) is 12.8 Å². The van der Waals surface area contributed by atoms with Gasteiger partial charge in [-0.1, -0.05) is 12.1 Å². The van der Waals surface area contributed by atoms with E-state index in [1.54, 1.807) is 12.1 Å². The van der Waals surface area contributed by atoms with Crippen molar-refractivity contribution in [1.82, 2.24) is 10.2 Å². The molecule has 1 aromatic carbocycles. The summed E-state index contributed by atoms with van der Waals surface area (Å²) in [5, 5.41) is 2.74. The second-order valence-electron chi connectivity index (χ2n) is 5.89. The zero-order valence-electron chi connectivity index (χ0n) is 12.2. The molecular weight excluding hydrogens is 287 g/mol. The second-order valence-corrected chi connectivity index (χ2v) is 5.89. The molecule has 1 aliphatic carbocycles. The Bertz CT molecular complexity index is 629. The number of amides is 3. The molecule has 1 saturated heterocycles. The minimum absolute atomic E-state index is 0.0821. The first-order chi connectivity index (χ1) is 10.5. The van der Waals surface area contributed by atoms with Crippen LogP contribution < -0.4 is 5.32 Å². The standard InChI is InChI=1S/C16H17FN2O3/c1-19-14(20)7-6-13(16(19)22)18-15(21)12-8-11(12)9-2-4-10(17)5-3-9/h2-5,11-13H,6-8H2,1H3,(H,18,21)/t11-,12+,13?/m0/s1. The summed E-state index contributed by atoms with van der Waals surface area (Å²) in [6.07, 6.45) is 1.31. The molecule has 0 bridgehead atoms. The summed E-state index contributed by atoms with van der Waals surface area (Å²) in [6.45, 7) is 0. The van der Waals surface area contributed by atoms with Gasteiger partial charge in [-0.15, -0.1) is 0 Å². The maximum Gasteiger partial charge on any atom is 0.251 e. The van der Waals surface area contributed by atoms with Crippen LogP contribution in [0.5, 0.6) is 0 Å². The van der Waals surface area contributed by atoms with Crippen molar-refractivity contribution < 1.29 is 18.8 Å². The van der Waals surface area contributed by atoms with Crippen LogP contribution in [0.25, 0.3) is 0 Å². The van der Waals surface area contributed by atoms with Crippen LogP contribution in [0.15, 0.2) is 24.3 Å². The van der Waals surface area contributed by atoms with E-state index < -0.39 is 6.04 Å². The smallest absolute Gasteiger partial charge is 0.251 e. The number of nitrogens with one attached hydrogen (secondary N) is 1. The van der Waals surface area contributed by atoms with Gasteiger partial charge in [0.1, 0.15) is 11.9 Å². The van der Waals surface area contributed by atoms with E-state index in [-0.39, 0.29) is 41.8 Å². The zero-order valence-corrected chi connectivity index (χ0v) is 12.2. The van der Waals surface area contributed by atoms with Gasteiger partial charge >= 0.3 is 0 Å². The number of hydrogen-bond acceptors (Lipinski definition) is 3. The van der Waals surface area contributed by atoms with Crippen LogP contribution in [0.3, 0.4) is 0 Å². The quantitative estimate of drug-likeness (QED) is 0.853. The van der Waals surface area contributed by atoms with E-state index in [9.17, 15) is 18.8 Å². The molecule has 3 atom stereocenters. The summed E-state index contributed by atoms with van der Waals surface area (Å²) in [5.41, 5.74) is 0.934.